The number of nitrogens with zero attached hydrogens (tertiary/aromatic N) is 3. The lowest BCUT2D eigenvalue weighted by atomic mass is 9.32. The van der Waals surface area contributed by atoms with E-state index in [4.69, 9.17) is 4.74 Å². The molecule has 7 rings (SSSR count). The number of carbonyl (C=O) groups excluding carboxylic acids is 2. The number of fused-ring (bicyclic) bond motifs is 7. The first-order valence-electron chi connectivity index (χ1n) is 21.8. The van der Waals surface area contributed by atoms with Crippen LogP contribution in [-0.2, 0) is 25.7 Å². The molecule has 8 heteroatoms. The van der Waals surface area contributed by atoms with Crippen LogP contribution < -0.4 is 0 Å². The lowest BCUT2D eigenvalue weighted by Crippen LogP contribution is -2.67. The Hall–Kier alpha value is -2.74. The number of carbonyl (C=O) groups is 3. The molecule has 0 aromatic carbocycles. The predicted octanol–water partition coefficient (Wildman–Crippen LogP) is 9.19. The fraction of sp³-hybridized carbons (Fsp3) is 0.787. The van der Waals surface area contributed by atoms with E-state index in [0.717, 1.165) is 76.9 Å². The molecule has 0 bridgehead atoms. The number of pyridine rings is 1. The van der Waals surface area contributed by atoms with E-state index < -0.39 is 17.4 Å². The number of hydrogen-bond acceptors (Lipinski definition) is 6. The Morgan fingerprint density at radius 3 is 2.27 bits per heavy atom. The third kappa shape index (κ3) is 6.70. The van der Waals surface area contributed by atoms with Crippen molar-refractivity contribution in [2.24, 2.45) is 62.1 Å². The van der Waals surface area contributed by atoms with Gasteiger partial charge in [-0.1, -0.05) is 52.8 Å². The van der Waals surface area contributed by atoms with Crippen LogP contribution in [0.5, 0.6) is 0 Å². The van der Waals surface area contributed by atoms with Gasteiger partial charge in [0.15, 0.2) is 0 Å². The molecule has 1 unspecified atom stereocenters. The summed E-state index contributed by atoms with van der Waals surface area (Å²) >= 11 is 0. The van der Waals surface area contributed by atoms with Gasteiger partial charge in [0.2, 0.25) is 5.91 Å². The van der Waals surface area contributed by atoms with Gasteiger partial charge in [0.1, 0.15) is 6.10 Å². The maximum atomic E-state index is 14.3. The highest BCUT2D eigenvalue weighted by atomic mass is 16.5. The van der Waals surface area contributed by atoms with Crippen LogP contribution in [0.25, 0.3) is 0 Å². The fourth-order valence-electron chi connectivity index (χ4n) is 14.7. The Labute approximate surface area is 331 Å². The number of hydrogen-bond donors (Lipinski definition) is 1. The average Bonchev–Trinajstić information content (AvgIpc) is 3.50. The second-order valence-corrected chi connectivity index (χ2v) is 21.4. The van der Waals surface area contributed by atoms with Crippen LogP contribution in [0.15, 0.2) is 36.5 Å². The van der Waals surface area contributed by atoms with Crippen LogP contribution in [0, 0.1) is 62.1 Å². The molecular weight excluding hydrogens is 687 g/mol. The van der Waals surface area contributed by atoms with Crippen LogP contribution >= 0.6 is 0 Å². The molecule has 2 heterocycles. The average molecular weight is 758 g/mol. The summed E-state index contributed by atoms with van der Waals surface area (Å²) in [6, 6.07) is 6.10. The van der Waals surface area contributed by atoms with Crippen LogP contribution in [0.3, 0.4) is 0 Å². The van der Waals surface area contributed by atoms with Crippen molar-refractivity contribution >= 4 is 17.8 Å². The Morgan fingerprint density at radius 2 is 1.62 bits per heavy atom. The normalized spacial score (nSPS) is 39.9. The van der Waals surface area contributed by atoms with Crippen LogP contribution in [0.2, 0.25) is 0 Å². The highest BCUT2D eigenvalue weighted by Gasteiger charge is 2.71. The van der Waals surface area contributed by atoms with Gasteiger partial charge in [0, 0.05) is 50.8 Å². The molecule has 55 heavy (non-hydrogen) atoms. The third-order valence-electron chi connectivity index (χ3n) is 18.0. The molecule has 304 valence electrons. The SMILES string of the molecule is C=C(C)[C@@H]1CC[C@]2(CC(=O)N3CCN(Cc4ccccn4)CC3)CC[C@]3(C)[C@H](CC[C@@H]4[C@@]5(C)CC[C@H](OC(=O)CC(C)(C)C(=O)O)C(C)(C)C5CC[C@]43C)[C@@H]12. The second-order valence-electron chi connectivity index (χ2n) is 21.4. The quantitative estimate of drug-likeness (QED) is 0.198. The summed E-state index contributed by atoms with van der Waals surface area (Å²) in [7, 11) is 0. The van der Waals surface area contributed by atoms with E-state index in [-0.39, 0.29) is 39.6 Å². The molecule has 6 aliphatic rings. The van der Waals surface area contributed by atoms with Gasteiger partial charge in [0.25, 0.3) is 0 Å². The minimum absolute atomic E-state index is 0.0550. The van der Waals surface area contributed by atoms with Crippen molar-refractivity contribution in [3.8, 4) is 0 Å². The van der Waals surface area contributed by atoms with Gasteiger partial charge >= 0.3 is 11.9 Å². The maximum absolute atomic E-state index is 14.3. The summed E-state index contributed by atoms with van der Waals surface area (Å²) < 4.78 is 6.20. The summed E-state index contributed by atoms with van der Waals surface area (Å²) in [5.41, 5.74) is 1.64. The molecule has 1 N–H and O–H groups in total. The number of esters is 1. The Morgan fingerprint density at radius 1 is 0.891 bits per heavy atom. The topological polar surface area (TPSA) is 100 Å². The molecule has 0 radical (unpaired) electrons. The number of piperazine rings is 1. The molecule has 5 aliphatic carbocycles. The van der Waals surface area contributed by atoms with Crippen molar-refractivity contribution in [2.75, 3.05) is 26.2 Å². The lowest BCUT2D eigenvalue weighted by molar-refractivity contribution is -0.250. The van der Waals surface area contributed by atoms with E-state index >= 15 is 0 Å². The number of aromatic nitrogens is 1. The number of rotatable bonds is 9. The van der Waals surface area contributed by atoms with E-state index in [1.807, 2.05) is 18.3 Å². The fourth-order valence-corrected chi connectivity index (χ4v) is 14.7. The molecule has 6 fully saturated rings. The number of ether oxygens (including phenoxy) is 1. The third-order valence-corrected chi connectivity index (χ3v) is 18.0. The lowest BCUT2D eigenvalue weighted by Gasteiger charge is -2.73. The van der Waals surface area contributed by atoms with Gasteiger partial charge in [-0.25, -0.2) is 0 Å². The summed E-state index contributed by atoms with van der Waals surface area (Å²) in [6.45, 7) is 26.8. The van der Waals surface area contributed by atoms with Gasteiger partial charge in [-0.15, -0.1) is 0 Å². The van der Waals surface area contributed by atoms with E-state index in [0.29, 0.717) is 41.9 Å². The predicted molar refractivity (Wildman–Crippen MR) is 216 cm³/mol. The van der Waals surface area contributed by atoms with Gasteiger partial charge in [0.05, 0.1) is 17.5 Å². The van der Waals surface area contributed by atoms with E-state index in [1.54, 1.807) is 13.8 Å². The molecule has 1 saturated heterocycles. The first-order valence-corrected chi connectivity index (χ1v) is 21.8. The van der Waals surface area contributed by atoms with Crippen molar-refractivity contribution in [3.63, 3.8) is 0 Å². The van der Waals surface area contributed by atoms with Gasteiger partial charge in [-0.05, 0) is 148 Å². The summed E-state index contributed by atoms with van der Waals surface area (Å²) in [5.74, 6) is 1.59. The number of allylic oxidation sites excluding steroid dienone is 1. The van der Waals surface area contributed by atoms with Crippen molar-refractivity contribution in [2.45, 2.75) is 145 Å². The van der Waals surface area contributed by atoms with E-state index in [9.17, 15) is 19.5 Å². The Balaban J connectivity index is 1.07. The molecule has 8 nitrogen and oxygen atoms in total. The second kappa shape index (κ2) is 14.3. The van der Waals surface area contributed by atoms with Gasteiger partial charge < -0.3 is 14.7 Å². The van der Waals surface area contributed by atoms with Crippen LogP contribution in [0.4, 0.5) is 0 Å². The number of aliphatic carboxylic acids is 1. The van der Waals surface area contributed by atoms with Gasteiger partial charge in [-0.3, -0.25) is 24.3 Å². The van der Waals surface area contributed by atoms with Crippen molar-refractivity contribution in [1.29, 1.82) is 0 Å². The largest absolute Gasteiger partial charge is 0.481 e. The van der Waals surface area contributed by atoms with Crippen LogP contribution in [0.1, 0.15) is 138 Å². The molecular formula is C47H71N3O5. The van der Waals surface area contributed by atoms with Gasteiger partial charge in [-0.2, -0.15) is 0 Å². The van der Waals surface area contributed by atoms with Crippen molar-refractivity contribution < 1.29 is 24.2 Å². The van der Waals surface area contributed by atoms with E-state index in [1.165, 1.54) is 31.3 Å². The minimum atomic E-state index is -1.14. The molecule has 1 aromatic rings. The summed E-state index contributed by atoms with van der Waals surface area (Å²) in [5, 5.41) is 9.64. The molecule has 0 spiro atoms. The van der Waals surface area contributed by atoms with Crippen LogP contribution in [-0.4, -0.2) is 70.0 Å². The van der Waals surface area contributed by atoms with Crippen molar-refractivity contribution in [3.05, 3.63) is 42.2 Å². The number of carboxylic acids is 1. The molecule has 1 amide bonds. The molecule has 5 saturated carbocycles. The summed E-state index contributed by atoms with van der Waals surface area (Å²) in [6.07, 6.45) is 13.5. The first-order chi connectivity index (χ1) is 25.8. The standard InChI is InChI=1S/C47H71N3O5/c1-31(2)33-15-20-47(28-38(51)50-26-24-49(25-27-50)30-32-12-10-11-23-48-32)22-21-45(8)34(40(33)47)13-14-36-44(7)18-17-37(55-39(52)29-42(3,4)41(53)54)43(5,6)35(44)16-19-46(36,45)9/h10-12,23,33-37,40H,1,13-22,24-30H2,2-9H3,(H,53,54)/t33-,34+,35?,36+,37-,40+,44-,45+,46+,47+/m0/s1. The summed E-state index contributed by atoms with van der Waals surface area (Å²) in [4.78, 5) is 48.4. The molecule has 1 aromatic heterocycles. The molecule has 10 atom stereocenters. The Bertz CT molecular complexity index is 1650. The minimum Gasteiger partial charge on any atom is -0.481 e. The number of amides is 1. The zero-order valence-corrected chi connectivity index (χ0v) is 35.4. The smallest absolute Gasteiger partial charge is 0.309 e. The number of carboxylic acid groups (broad SMARTS) is 1. The zero-order chi connectivity index (χ0) is 39.8. The highest BCUT2D eigenvalue weighted by molar-refractivity contribution is 5.81. The first kappa shape index (κ1) is 40.5. The Kier molecular flexibility index (Phi) is 10.5. The van der Waals surface area contributed by atoms with E-state index in [2.05, 4.69) is 69.0 Å². The molecule has 1 aliphatic heterocycles. The highest BCUT2D eigenvalue weighted by Crippen LogP contribution is 2.78. The maximum Gasteiger partial charge on any atom is 0.309 e. The monoisotopic (exact) mass is 758 g/mol. The zero-order valence-electron chi connectivity index (χ0n) is 35.4. The van der Waals surface area contributed by atoms with Crippen molar-refractivity contribution in [1.82, 2.24) is 14.8 Å².